The number of ether oxygens (including phenoxy) is 2. The summed E-state index contributed by atoms with van der Waals surface area (Å²) < 4.78 is 10.7. The van der Waals surface area contributed by atoms with Gasteiger partial charge in [-0.25, -0.2) is 4.79 Å². The number of hydrogen-bond donors (Lipinski definition) is 1. The van der Waals surface area contributed by atoms with Crippen LogP contribution >= 0.6 is 0 Å². The number of carbonyl (C=O) groups is 1. The van der Waals surface area contributed by atoms with E-state index in [-0.39, 0.29) is 6.61 Å². The molecule has 2 aromatic rings. The molecule has 1 N–H and O–H groups in total. The van der Waals surface area contributed by atoms with Crippen molar-refractivity contribution in [2.75, 3.05) is 7.11 Å². The van der Waals surface area contributed by atoms with Gasteiger partial charge in [-0.2, -0.15) is 0 Å². The van der Waals surface area contributed by atoms with E-state index in [4.69, 9.17) is 9.47 Å². The Kier molecular flexibility index (Phi) is 8.08. The summed E-state index contributed by atoms with van der Waals surface area (Å²) in [5, 5.41) is 10.5. The number of rotatable bonds is 9. The maximum Gasteiger partial charge on any atom is 0.410 e. The molecule has 0 heterocycles. The van der Waals surface area contributed by atoms with Crippen LogP contribution in [0.3, 0.4) is 0 Å². The van der Waals surface area contributed by atoms with E-state index >= 15 is 0 Å². The number of amides is 1. The van der Waals surface area contributed by atoms with Gasteiger partial charge < -0.3 is 14.6 Å². The molecule has 0 aliphatic rings. The molecule has 0 saturated heterocycles. The molecule has 0 fully saturated rings. The van der Waals surface area contributed by atoms with Crippen molar-refractivity contribution in [3.63, 3.8) is 0 Å². The predicted octanol–water partition coefficient (Wildman–Crippen LogP) is 4.55. The van der Waals surface area contributed by atoms with Crippen molar-refractivity contribution in [3.05, 3.63) is 77.9 Å². The van der Waals surface area contributed by atoms with Crippen LogP contribution in [0.15, 0.2) is 66.7 Å². The van der Waals surface area contributed by atoms with E-state index in [1.54, 1.807) is 12.0 Å². The minimum atomic E-state index is -0.722. The molecule has 0 saturated carbocycles. The first-order chi connectivity index (χ1) is 13.4. The van der Waals surface area contributed by atoms with Gasteiger partial charge in [-0.15, -0.1) is 6.58 Å². The Morgan fingerprint density at radius 3 is 2.32 bits per heavy atom. The van der Waals surface area contributed by atoms with Gasteiger partial charge in [0, 0.05) is 6.54 Å². The number of aliphatic hydroxyl groups is 1. The quantitative estimate of drug-likeness (QED) is 0.646. The normalized spacial score (nSPS) is 12.7. The maximum atomic E-state index is 12.8. The zero-order chi connectivity index (χ0) is 20.5. The minimum absolute atomic E-state index is 0.183. The van der Waals surface area contributed by atoms with E-state index in [0.717, 1.165) is 22.4 Å². The van der Waals surface area contributed by atoms with Crippen LogP contribution in [0.1, 0.15) is 31.4 Å². The van der Waals surface area contributed by atoms with Crippen LogP contribution in [0.4, 0.5) is 4.79 Å². The van der Waals surface area contributed by atoms with Crippen LogP contribution in [0.25, 0.3) is 0 Å². The number of benzene rings is 2. The number of aliphatic hydroxyl groups excluding tert-OH is 1. The zero-order valence-corrected chi connectivity index (χ0v) is 16.8. The SMILES string of the molecule is C=C(C)CC(O)[C@H](C)N(Cc1ccc(OC)cc1)C(=O)OCc1ccccc1. The lowest BCUT2D eigenvalue weighted by molar-refractivity contribution is 0.0336. The lowest BCUT2D eigenvalue weighted by atomic mass is 10.0. The third kappa shape index (κ3) is 6.43. The Bertz CT molecular complexity index is 758. The summed E-state index contributed by atoms with van der Waals surface area (Å²) in [6, 6.07) is 16.6. The van der Waals surface area contributed by atoms with E-state index < -0.39 is 18.2 Å². The summed E-state index contributed by atoms with van der Waals surface area (Å²) >= 11 is 0. The Labute approximate surface area is 167 Å². The highest BCUT2D eigenvalue weighted by Gasteiger charge is 2.27. The van der Waals surface area contributed by atoms with Crippen molar-refractivity contribution < 1.29 is 19.4 Å². The smallest absolute Gasteiger partial charge is 0.410 e. The molecule has 28 heavy (non-hydrogen) atoms. The highest BCUT2D eigenvalue weighted by atomic mass is 16.6. The topological polar surface area (TPSA) is 59.0 Å². The van der Waals surface area contributed by atoms with Gasteiger partial charge in [0.25, 0.3) is 0 Å². The second-order valence-corrected chi connectivity index (χ2v) is 6.99. The number of nitrogens with zero attached hydrogens (tertiary/aromatic N) is 1. The lowest BCUT2D eigenvalue weighted by Gasteiger charge is -2.32. The average molecular weight is 383 g/mol. The van der Waals surface area contributed by atoms with Gasteiger partial charge in [0.15, 0.2) is 0 Å². The predicted molar refractivity (Wildman–Crippen MR) is 110 cm³/mol. The van der Waals surface area contributed by atoms with Crippen molar-refractivity contribution in [2.24, 2.45) is 0 Å². The fraction of sp³-hybridized carbons (Fsp3) is 0.348. The molecule has 5 heteroatoms. The Morgan fingerprint density at radius 2 is 1.75 bits per heavy atom. The van der Waals surface area contributed by atoms with Gasteiger partial charge in [-0.3, -0.25) is 4.90 Å². The summed E-state index contributed by atoms with van der Waals surface area (Å²) in [5.41, 5.74) is 2.70. The molecule has 0 radical (unpaired) electrons. The van der Waals surface area contributed by atoms with E-state index in [1.165, 1.54) is 0 Å². The molecular formula is C23H29NO4. The molecule has 5 nitrogen and oxygen atoms in total. The first-order valence-corrected chi connectivity index (χ1v) is 9.33. The largest absolute Gasteiger partial charge is 0.497 e. The van der Waals surface area contributed by atoms with Crippen molar-refractivity contribution in [1.29, 1.82) is 0 Å². The Morgan fingerprint density at radius 1 is 1.11 bits per heavy atom. The molecule has 1 unspecified atom stereocenters. The van der Waals surface area contributed by atoms with E-state index in [2.05, 4.69) is 6.58 Å². The monoisotopic (exact) mass is 383 g/mol. The number of carbonyl (C=O) groups excluding carboxylic acids is 1. The van der Waals surface area contributed by atoms with Gasteiger partial charge in [0.05, 0.1) is 19.3 Å². The van der Waals surface area contributed by atoms with Gasteiger partial charge in [0.2, 0.25) is 0 Å². The van der Waals surface area contributed by atoms with E-state index in [0.29, 0.717) is 13.0 Å². The van der Waals surface area contributed by atoms with Gasteiger partial charge in [0.1, 0.15) is 12.4 Å². The fourth-order valence-corrected chi connectivity index (χ4v) is 2.84. The van der Waals surface area contributed by atoms with Crippen LogP contribution in [0, 0.1) is 0 Å². The van der Waals surface area contributed by atoms with Gasteiger partial charge >= 0.3 is 6.09 Å². The zero-order valence-electron chi connectivity index (χ0n) is 16.8. The highest BCUT2D eigenvalue weighted by Crippen LogP contribution is 2.19. The maximum absolute atomic E-state index is 12.8. The summed E-state index contributed by atoms with van der Waals surface area (Å²) in [6.07, 6.45) is -0.764. The standard InChI is InChI=1S/C23H29NO4/c1-17(2)14-22(25)18(3)24(15-19-10-12-21(27-4)13-11-19)23(26)28-16-20-8-6-5-7-9-20/h5-13,18,22,25H,1,14-16H2,2-4H3/t18-,22?/m0/s1. The van der Waals surface area contributed by atoms with Crippen molar-refractivity contribution in [1.82, 2.24) is 4.90 Å². The lowest BCUT2D eigenvalue weighted by Crippen LogP contribution is -2.45. The molecular weight excluding hydrogens is 354 g/mol. The minimum Gasteiger partial charge on any atom is -0.497 e. The van der Waals surface area contributed by atoms with E-state index in [9.17, 15) is 9.90 Å². The third-order valence-corrected chi connectivity index (χ3v) is 4.56. The molecule has 0 spiro atoms. The molecule has 0 bridgehead atoms. The molecule has 150 valence electrons. The summed E-state index contributed by atoms with van der Waals surface area (Å²) in [6.45, 7) is 8.04. The van der Waals surface area contributed by atoms with Crippen LogP contribution in [0.2, 0.25) is 0 Å². The first kappa shape index (κ1) is 21.5. The molecule has 0 aliphatic heterocycles. The summed E-state index contributed by atoms with van der Waals surface area (Å²) in [5.74, 6) is 0.748. The Hall–Kier alpha value is -2.79. The van der Waals surface area contributed by atoms with Crippen LogP contribution < -0.4 is 4.74 Å². The Balaban J connectivity index is 2.13. The summed E-state index contributed by atoms with van der Waals surface area (Å²) in [4.78, 5) is 14.4. The molecule has 2 aromatic carbocycles. The second-order valence-electron chi connectivity index (χ2n) is 6.99. The molecule has 2 atom stereocenters. The van der Waals surface area contributed by atoms with Gasteiger partial charge in [-0.05, 0) is 43.5 Å². The summed E-state index contributed by atoms with van der Waals surface area (Å²) in [7, 11) is 1.61. The van der Waals surface area contributed by atoms with Crippen molar-refractivity contribution in [2.45, 2.75) is 45.6 Å². The molecule has 1 amide bonds. The number of methoxy groups -OCH3 is 1. The van der Waals surface area contributed by atoms with Crippen LogP contribution in [-0.4, -0.2) is 35.4 Å². The third-order valence-electron chi connectivity index (χ3n) is 4.56. The van der Waals surface area contributed by atoms with Crippen molar-refractivity contribution >= 4 is 6.09 Å². The van der Waals surface area contributed by atoms with Crippen LogP contribution in [0.5, 0.6) is 5.75 Å². The highest BCUT2D eigenvalue weighted by molar-refractivity contribution is 5.68. The van der Waals surface area contributed by atoms with Gasteiger partial charge in [-0.1, -0.05) is 48.0 Å². The van der Waals surface area contributed by atoms with Crippen LogP contribution in [-0.2, 0) is 17.9 Å². The average Bonchev–Trinajstić information content (AvgIpc) is 2.70. The molecule has 2 rings (SSSR count). The number of hydrogen-bond acceptors (Lipinski definition) is 4. The molecule has 0 aromatic heterocycles. The molecule has 0 aliphatic carbocycles. The fourth-order valence-electron chi connectivity index (χ4n) is 2.84. The van der Waals surface area contributed by atoms with E-state index in [1.807, 2.05) is 68.4 Å². The second kappa shape index (κ2) is 10.5. The van der Waals surface area contributed by atoms with Crippen molar-refractivity contribution in [3.8, 4) is 5.75 Å². The first-order valence-electron chi connectivity index (χ1n) is 9.33.